The van der Waals surface area contributed by atoms with Crippen molar-refractivity contribution in [2.24, 2.45) is 11.8 Å². The topological polar surface area (TPSA) is 79.0 Å². The fourth-order valence-corrected chi connectivity index (χ4v) is 4.88. The van der Waals surface area contributed by atoms with Gasteiger partial charge in [0.05, 0.1) is 17.5 Å². The van der Waals surface area contributed by atoms with Crippen molar-refractivity contribution >= 4 is 10.0 Å². The Bertz CT molecular complexity index is 741. The van der Waals surface area contributed by atoms with Gasteiger partial charge in [-0.1, -0.05) is 13.8 Å². The van der Waals surface area contributed by atoms with Crippen LogP contribution in [-0.2, 0) is 16.6 Å². The summed E-state index contributed by atoms with van der Waals surface area (Å²) in [7, 11) is -2.25. The van der Waals surface area contributed by atoms with E-state index in [1.807, 2.05) is 0 Å². The van der Waals surface area contributed by atoms with E-state index in [1.54, 1.807) is 25.5 Å². The predicted molar refractivity (Wildman–Crippen MR) is 88.2 cm³/mol. The number of rotatable bonds is 6. The molecule has 6 nitrogen and oxygen atoms in total. The lowest BCUT2D eigenvalue weighted by Gasteiger charge is -2.32. The summed E-state index contributed by atoms with van der Waals surface area (Å²) in [6.07, 6.45) is 1.79. The highest BCUT2D eigenvalue weighted by molar-refractivity contribution is 7.89. The SMILES string of the molecule is Cc1nn(CC(C)C)c(C)c1S(=O)(=O)N(C)[C@](C)(C#N)C1CC1. The number of hydrogen-bond acceptors (Lipinski definition) is 4. The molecule has 0 aliphatic heterocycles. The molecule has 7 heteroatoms. The van der Waals surface area contributed by atoms with Gasteiger partial charge in [-0.25, -0.2) is 8.42 Å². The van der Waals surface area contributed by atoms with Crippen LogP contribution in [0.4, 0.5) is 0 Å². The zero-order valence-corrected chi connectivity index (χ0v) is 15.6. The van der Waals surface area contributed by atoms with E-state index in [9.17, 15) is 13.7 Å². The maximum absolute atomic E-state index is 13.1. The van der Waals surface area contributed by atoms with Crippen molar-refractivity contribution in [1.82, 2.24) is 14.1 Å². The van der Waals surface area contributed by atoms with Gasteiger partial charge in [-0.05, 0) is 45.4 Å². The first-order valence-corrected chi connectivity index (χ1v) is 9.44. The fourth-order valence-electron chi connectivity index (χ4n) is 3.03. The number of aromatic nitrogens is 2. The van der Waals surface area contributed by atoms with E-state index in [0.29, 0.717) is 23.9 Å². The molecule has 1 atom stereocenters. The Balaban J connectivity index is 2.48. The highest BCUT2D eigenvalue weighted by Gasteiger charge is 2.50. The molecule has 0 amide bonds. The fraction of sp³-hybridized carbons (Fsp3) is 0.750. The zero-order chi connectivity index (χ0) is 17.6. The molecule has 0 saturated heterocycles. The van der Waals surface area contributed by atoms with Crippen molar-refractivity contribution in [3.63, 3.8) is 0 Å². The minimum absolute atomic E-state index is 0.110. The predicted octanol–water partition coefficient (Wildman–Crippen LogP) is 2.47. The van der Waals surface area contributed by atoms with E-state index in [0.717, 1.165) is 12.8 Å². The van der Waals surface area contributed by atoms with Gasteiger partial charge in [0.25, 0.3) is 0 Å². The van der Waals surface area contributed by atoms with Crippen LogP contribution in [0.2, 0.25) is 0 Å². The molecule has 0 radical (unpaired) electrons. The van der Waals surface area contributed by atoms with E-state index < -0.39 is 15.6 Å². The largest absolute Gasteiger partial charge is 0.268 e. The molecule has 128 valence electrons. The van der Waals surface area contributed by atoms with E-state index in [4.69, 9.17) is 0 Å². The smallest absolute Gasteiger partial charge is 0.247 e. The number of hydrogen-bond donors (Lipinski definition) is 0. The molecule has 2 rings (SSSR count). The Morgan fingerprint density at radius 3 is 2.43 bits per heavy atom. The molecule has 1 fully saturated rings. The number of aryl methyl sites for hydroxylation is 1. The molecule has 1 saturated carbocycles. The summed E-state index contributed by atoms with van der Waals surface area (Å²) in [4.78, 5) is 0.239. The monoisotopic (exact) mass is 338 g/mol. The Morgan fingerprint density at radius 1 is 1.43 bits per heavy atom. The highest BCUT2D eigenvalue weighted by Crippen LogP contribution is 2.44. The van der Waals surface area contributed by atoms with Crippen molar-refractivity contribution in [1.29, 1.82) is 5.26 Å². The van der Waals surface area contributed by atoms with Crippen LogP contribution in [0, 0.1) is 37.0 Å². The van der Waals surface area contributed by atoms with E-state index in [-0.39, 0.29) is 10.8 Å². The first-order chi connectivity index (χ1) is 10.6. The van der Waals surface area contributed by atoms with Gasteiger partial charge in [0.1, 0.15) is 10.4 Å². The van der Waals surface area contributed by atoms with Gasteiger partial charge >= 0.3 is 0 Å². The Labute approximate surface area is 139 Å². The average molecular weight is 338 g/mol. The Hall–Kier alpha value is -1.39. The number of nitrogens with zero attached hydrogens (tertiary/aromatic N) is 4. The van der Waals surface area contributed by atoms with Gasteiger partial charge in [0.15, 0.2) is 0 Å². The Kier molecular flexibility index (Phi) is 4.62. The third kappa shape index (κ3) is 3.02. The van der Waals surface area contributed by atoms with Crippen LogP contribution < -0.4 is 0 Å². The normalized spacial score (nSPS) is 18.2. The second kappa shape index (κ2) is 5.91. The van der Waals surface area contributed by atoms with Crippen molar-refractivity contribution in [2.75, 3.05) is 7.05 Å². The second-order valence-electron chi connectivity index (χ2n) is 7.08. The lowest BCUT2D eigenvalue weighted by Crippen LogP contribution is -2.48. The van der Waals surface area contributed by atoms with Crippen LogP contribution in [0.5, 0.6) is 0 Å². The summed E-state index contributed by atoms with van der Waals surface area (Å²) in [5, 5.41) is 14.0. The van der Waals surface area contributed by atoms with Gasteiger partial charge < -0.3 is 0 Å². The lowest BCUT2D eigenvalue weighted by atomic mass is 9.99. The van der Waals surface area contributed by atoms with Gasteiger partial charge in [-0.3, -0.25) is 4.68 Å². The minimum atomic E-state index is -3.76. The summed E-state index contributed by atoms with van der Waals surface area (Å²) < 4.78 is 29.3. The molecule has 1 aromatic heterocycles. The van der Waals surface area contributed by atoms with E-state index >= 15 is 0 Å². The molecule has 0 N–H and O–H groups in total. The zero-order valence-electron chi connectivity index (χ0n) is 14.8. The summed E-state index contributed by atoms with van der Waals surface area (Å²) in [6, 6.07) is 2.21. The van der Waals surface area contributed by atoms with Crippen LogP contribution in [0.3, 0.4) is 0 Å². The standard InChI is InChI=1S/C16H26N4O2S/c1-11(2)9-20-13(4)15(12(3)18-20)23(21,22)19(6)16(5,10-17)14-7-8-14/h11,14H,7-9H2,1-6H3/t16-/m1/s1. The molecular weight excluding hydrogens is 312 g/mol. The highest BCUT2D eigenvalue weighted by atomic mass is 32.2. The molecule has 0 unspecified atom stereocenters. The molecule has 0 spiro atoms. The first kappa shape index (κ1) is 18.0. The number of sulfonamides is 1. The van der Waals surface area contributed by atoms with Crippen LogP contribution in [0.25, 0.3) is 0 Å². The lowest BCUT2D eigenvalue weighted by molar-refractivity contribution is 0.276. The van der Waals surface area contributed by atoms with E-state index in [1.165, 1.54) is 11.4 Å². The molecule has 1 aromatic rings. The Morgan fingerprint density at radius 2 is 2.00 bits per heavy atom. The molecule has 0 bridgehead atoms. The first-order valence-electron chi connectivity index (χ1n) is 8.00. The molecule has 1 aliphatic carbocycles. The van der Waals surface area contributed by atoms with Crippen LogP contribution >= 0.6 is 0 Å². The molecule has 0 aromatic carbocycles. The summed E-state index contributed by atoms with van der Waals surface area (Å²) in [6.45, 7) is 10.0. The second-order valence-corrected chi connectivity index (χ2v) is 8.99. The van der Waals surface area contributed by atoms with Crippen LogP contribution in [0.15, 0.2) is 4.90 Å². The molecule has 1 aliphatic rings. The minimum Gasteiger partial charge on any atom is -0.268 e. The molecule has 1 heterocycles. The van der Waals surface area contributed by atoms with Crippen molar-refractivity contribution < 1.29 is 8.42 Å². The van der Waals surface area contributed by atoms with Gasteiger partial charge in [-0.2, -0.15) is 14.7 Å². The summed E-state index contributed by atoms with van der Waals surface area (Å²) in [5.41, 5.74) is 0.128. The van der Waals surface area contributed by atoms with Gasteiger partial charge in [0, 0.05) is 13.6 Å². The van der Waals surface area contributed by atoms with Crippen LogP contribution in [-0.4, -0.2) is 35.1 Å². The van der Waals surface area contributed by atoms with Crippen LogP contribution in [0.1, 0.15) is 45.0 Å². The molecule has 23 heavy (non-hydrogen) atoms. The third-order valence-electron chi connectivity index (χ3n) is 4.72. The van der Waals surface area contributed by atoms with Crippen molar-refractivity contribution in [3.8, 4) is 6.07 Å². The summed E-state index contributed by atoms with van der Waals surface area (Å²) in [5.74, 6) is 0.482. The van der Waals surface area contributed by atoms with E-state index in [2.05, 4.69) is 25.0 Å². The number of nitriles is 1. The molecular formula is C16H26N4O2S. The average Bonchev–Trinajstić information content (AvgIpc) is 3.25. The van der Waals surface area contributed by atoms with Gasteiger partial charge in [0.2, 0.25) is 10.0 Å². The third-order valence-corrected chi connectivity index (χ3v) is 6.93. The maximum Gasteiger partial charge on any atom is 0.247 e. The quantitative estimate of drug-likeness (QED) is 0.798. The summed E-state index contributed by atoms with van der Waals surface area (Å²) >= 11 is 0. The maximum atomic E-state index is 13.1. The van der Waals surface area contributed by atoms with Gasteiger partial charge in [-0.15, -0.1) is 0 Å². The van der Waals surface area contributed by atoms with Crippen molar-refractivity contribution in [2.45, 2.75) is 64.4 Å². The van der Waals surface area contributed by atoms with Crippen molar-refractivity contribution in [3.05, 3.63) is 11.4 Å².